The van der Waals surface area contributed by atoms with Crippen LogP contribution in [0.25, 0.3) is 0 Å². The highest BCUT2D eigenvalue weighted by molar-refractivity contribution is 7.14. The second-order valence-corrected chi connectivity index (χ2v) is 6.93. The topological polar surface area (TPSA) is 84.2 Å². The van der Waals surface area contributed by atoms with Gasteiger partial charge in [-0.15, -0.1) is 11.3 Å². The van der Waals surface area contributed by atoms with Crippen LogP contribution >= 0.6 is 11.3 Å². The molecule has 7 heteroatoms. The first-order chi connectivity index (χ1) is 12.4. The fourth-order valence-corrected chi connectivity index (χ4v) is 3.44. The van der Waals surface area contributed by atoms with Crippen molar-refractivity contribution in [1.29, 1.82) is 0 Å². The van der Waals surface area contributed by atoms with E-state index in [0.717, 1.165) is 22.4 Å². The minimum absolute atomic E-state index is 0.139. The Morgan fingerprint density at radius 1 is 1.15 bits per heavy atom. The molecule has 0 atom stereocenters. The molecule has 3 aromatic rings. The Labute approximate surface area is 155 Å². The van der Waals surface area contributed by atoms with Crippen molar-refractivity contribution in [3.05, 3.63) is 64.1 Å². The SMILES string of the molecule is Cc1cc(C)c(NC(=O)Cc2csc(NC(=O)c3ccco3)n2)c(C)c1. The van der Waals surface area contributed by atoms with E-state index in [1.165, 1.54) is 17.6 Å². The van der Waals surface area contributed by atoms with E-state index < -0.39 is 0 Å². The second kappa shape index (κ2) is 7.53. The van der Waals surface area contributed by atoms with Gasteiger partial charge in [-0.05, 0) is 44.0 Å². The zero-order chi connectivity index (χ0) is 18.7. The van der Waals surface area contributed by atoms with E-state index in [-0.39, 0.29) is 24.0 Å². The van der Waals surface area contributed by atoms with Gasteiger partial charge in [0.25, 0.3) is 5.91 Å². The van der Waals surface area contributed by atoms with E-state index in [1.54, 1.807) is 17.5 Å². The predicted octanol–water partition coefficient (Wildman–Crippen LogP) is 4.09. The van der Waals surface area contributed by atoms with Crippen molar-refractivity contribution in [3.63, 3.8) is 0 Å². The molecule has 6 nitrogen and oxygen atoms in total. The predicted molar refractivity (Wildman–Crippen MR) is 102 cm³/mol. The molecule has 2 heterocycles. The Balaban J connectivity index is 1.62. The maximum Gasteiger partial charge on any atom is 0.293 e. The molecule has 134 valence electrons. The van der Waals surface area contributed by atoms with Crippen molar-refractivity contribution < 1.29 is 14.0 Å². The molecule has 0 spiro atoms. The number of benzene rings is 1. The van der Waals surface area contributed by atoms with Crippen LogP contribution in [0.1, 0.15) is 32.9 Å². The first kappa shape index (κ1) is 17.9. The zero-order valence-corrected chi connectivity index (χ0v) is 15.6. The van der Waals surface area contributed by atoms with E-state index in [4.69, 9.17) is 4.42 Å². The van der Waals surface area contributed by atoms with Crippen LogP contribution in [0.5, 0.6) is 0 Å². The number of nitrogens with zero attached hydrogens (tertiary/aromatic N) is 1. The van der Waals surface area contributed by atoms with Gasteiger partial charge in [-0.3, -0.25) is 14.9 Å². The highest BCUT2D eigenvalue weighted by atomic mass is 32.1. The van der Waals surface area contributed by atoms with Crippen molar-refractivity contribution in [2.45, 2.75) is 27.2 Å². The minimum Gasteiger partial charge on any atom is -0.459 e. The highest BCUT2D eigenvalue weighted by Gasteiger charge is 2.14. The molecule has 0 aliphatic heterocycles. The smallest absolute Gasteiger partial charge is 0.293 e. The van der Waals surface area contributed by atoms with Gasteiger partial charge in [-0.2, -0.15) is 0 Å². The van der Waals surface area contributed by atoms with E-state index in [0.29, 0.717) is 10.8 Å². The molecular weight excluding hydrogens is 350 g/mol. The van der Waals surface area contributed by atoms with E-state index in [2.05, 4.69) is 15.6 Å². The van der Waals surface area contributed by atoms with Crippen LogP contribution in [-0.2, 0) is 11.2 Å². The number of hydrogen-bond donors (Lipinski definition) is 2. The number of amides is 2. The molecule has 3 rings (SSSR count). The summed E-state index contributed by atoms with van der Waals surface area (Å²) < 4.78 is 5.04. The number of aromatic nitrogens is 1. The standard InChI is InChI=1S/C19H19N3O3S/c1-11-7-12(2)17(13(3)8-11)21-16(23)9-14-10-26-19(20-14)22-18(24)15-5-4-6-25-15/h4-8,10H,9H2,1-3H3,(H,21,23)(H,20,22,24). The fraction of sp³-hybridized carbons (Fsp3) is 0.211. The first-order valence-corrected chi connectivity index (χ1v) is 8.97. The molecule has 0 saturated heterocycles. The number of anilines is 2. The first-order valence-electron chi connectivity index (χ1n) is 8.09. The number of carbonyl (C=O) groups is 2. The summed E-state index contributed by atoms with van der Waals surface area (Å²) >= 11 is 1.27. The van der Waals surface area contributed by atoms with Crippen LogP contribution in [0.4, 0.5) is 10.8 Å². The van der Waals surface area contributed by atoms with Crippen LogP contribution in [0, 0.1) is 20.8 Å². The third-order valence-electron chi connectivity index (χ3n) is 3.80. The molecule has 26 heavy (non-hydrogen) atoms. The largest absolute Gasteiger partial charge is 0.459 e. The number of nitrogens with one attached hydrogen (secondary N) is 2. The van der Waals surface area contributed by atoms with Gasteiger partial charge in [0.1, 0.15) is 0 Å². The maximum atomic E-state index is 12.3. The van der Waals surface area contributed by atoms with Gasteiger partial charge < -0.3 is 9.73 Å². The van der Waals surface area contributed by atoms with Crippen LogP contribution in [0.15, 0.2) is 40.3 Å². The molecule has 0 saturated carbocycles. The van der Waals surface area contributed by atoms with E-state index in [1.807, 2.05) is 32.9 Å². The van der Waals surface area contributed by atoms with Crippen molar-refractivity contribution in [3.8, 4) is 0 Å². The number of thiazole rings is 1. The number of carbonyl (C=O) groups excluding carboxylic acids is 2. The van der Waals surface area contributed by atoms with Crippen molar-refractivity contribution in [2.75, 3.05) is 10.6 Å². The normalized spacial score (nSPS) is 10.6. The van der Waals surface area contributed by atoms with Gasteiger partial charge in [-0.1, -0.05) is 17.7 Å². The molecular formula is C19H19N3O3S. The van der Waals surface area contributed by atoms with Crippen molar-refractivity contribution >= 4 is 34.0 Å². The van der Waals surface area contributed by atoms with Gasteiger partial charge in [-0.25, -0.2) is 4.98 Å². The van der Waals surface area contributed by atoms with Crippen LogP contribution in [0.3, 0.4) is 0 Å². The maximum absolute atomic E-state index is 12.3. The Morgan fingerprint density at radius 2 is 1.88 bits per heavy atom. The summed E-state index contributed by atoms with van der Waals surface area (Å²) in [6.45, 7) is 5.97. The zero-order valence-electron chi connectivity index (χ0n) is 14.8. The van der Waals surface area contributed by atoms with Crippen molar-refractivity contribution in [1.82, 2.24) is 4.98 Å². The van der Waals surface area contributed by atoms with Crippen molar-refractivity contribution in [2.24, 2.45) is 0 Å². The van der Waals surface area contributed by atoms with E-state index in [9.17, 15) is 9.59 Å². The van der Waals surface area contributed by atoms with Crippen LogP contribution in [0.2, 0.25) is 0 Å². The Hall–Kier alpha value is -2.93. The molecule has 1 aromatic carbocycles. The quantitative estimate of drug-likeness (QED) is 0.709. The Bertz CT molecular complexity index is 922. The number of rotatable bonds is 5. The van der Waals surface area contributed by atoms with Crippen LogP contribution < -0.4 is 10.6 Å². The lowest BCUT2D eigenvalue weighted by atomic mass is 10.0. The summed E-state index contributed by atoms with van der Waals surface area (Å²) in [5, 5.41) is 7.79. The monoisotopic (exact) mass is 369 g/mol. The van der Waals surface area contributed by atoms with E-state index >= 15 is 0 Å². The molecule has 0 unspecified atom stereocenters. The van der Waals surface area contributed by atoms with Gasteiger partial charge >= 0.3 is 0 Å². The molecule has 2 aromatic heterocycles. The third kappa shape index (κ3) is 4.18. The minimum atomic E-state index is -0.369. The number of aryl methyl sites for hydroxylation is 3. The average Bonchev–Trinajstić information content (AvgIpc) is 3.23. The van der Waals surface area contributed by atoms with Gasteiger partial charge in [0, 0.05) is 11.1 Å². The van der Waals surface area contributed by atoms with Gasteiger partial charge in [0.05, 0.1) is 18.4 Å². The summed E-state index contributed by atoms with van der Waals surface area (Å²) in [5.74, 6) is -0.301. The Morgan fingerprint density at radius 3 is 2.54 bits per heavy atom. The summed E-state index contributed by atoms with van der Waals surface area (Å²) in [5.41, 5.74) is 4.65. The lowest BCUT2D eigenvalue weighted by molar-refractivity contribution is -0.115. The second-order valence-electron chi connectivity index (χ2n) is 6.07. The summed E-state index contributed by atoms with van der Waals surface area (Å²) in [6, 6.07) is 7.28. The number of hydrogen-bond acceptors (Lipinski definition) is 5. The molecule has 0 fully saturated rings. The molecule has 0 bridgehead atoms. The summed E-state index contributed by atoms with van der Waals surface area (Å²) in [6.07, 6.45) is 1.57. The molecule has 0 aliphatic carbocycles. The highest BCUT2D eigenvalue weighted by Crippen LogP contribution is 2.23. The lowest BCUT2D eigenvalue weighted by Crippen LogP contribution is -2.16. The van der Waals surface area contributed by atoms with Gasteiger partial charge in [0.2, 0.25) is 5.91 Å². The average molecular weight is 369 g/mol. The third-order valence-corrected chi connectivity index (χ3v) is 4.61. The summed E-state index contributed by atoms with van der Waals surface area (Å²) in [4.78, 5) is 28.6. The fourth-order valence-electron chi connectivity index (χ4n) is 2.74. The van der Waals surface area contributed by atoms with Gasteiger partial charge in [0.15, 0.2) is 10.9 Å². The molecule has 2 N–H and O–H groups in total. The van der Waals surface area contributed by atoms with Crippen LogP contribution in [-0.4, -0.2) is 16.8 Å². The molecule has 0 aliphatic rings. The Kier molecular flexibility index (Phi) is 5.18. The molecule has 0 radical (unpaired) electrons. The molecule has 2 amide bonds. The number of furan rings is 1. The summed E-state index contributed by atoms with van der Waals surface area (Å²) in [7, 11) is 0. The lowest BCUT2D eigenvalue weighted by Gasteiger charge is -2.12.